The second-order valence-corrected chi connectivity index (χ2v) is 6.79. The van der Waals surface area contributed by atoms with Crippen LogP contribution < -0.4 is 4.72 Å². The fraction of sp³-hybridized carbons (Fsp3) is 0.455. The number of aliphatic hydroxyl groups is 1. The normalized spacial score (nSPS) is 11.3. The molecule has 0 amide bonds. The molecule has 0 fully saturated rings. The molecule has 0 aromatic carbocycles. The van der Waals surface area contributed by atoms with E-state index < -0.39 is 10.2 Å². The molecule has 0 bridgehead atoms. The zero-order valence-electron chi connectivity index (χ0n) is 10.3. The van der Waals surface area contributed by atoms with Crippen LogP contribution in [0.4, 0.5) is 0 Å². The summed E-state index contributed by atoms with van der Waals surface area (Å²) >= 11 is 1.44. The predicted molar refractivity (Wildman–Crippen MR) is 72.3 cm³/mol. The highest BCUT2D eigenvalue weighted by molar-refractivity contribution is 7.87. The lowest BCUT2D eigenvalue weighted by Crippen LogP contribution is -2.34. The summed E-state index contributed by atoms with van der Waals surface area (Å²) in [7, 11) is -0.438. The largest absolute Gasteiger partial charge is 0.395 e. The average Bonchev–Trinajstić information content (AvgIpc) is 2.75. The molecule has 1 aromatic heterocycles. The van der Waals surface area contributed by atoms with E-state index in [-0.39, 0.29) is 13.2 Å². The molecular formula is C11H16N2O3S2. The summed E-state index contributed by atoms with van der Waals surface area (Å²) < 4.78 is 26.6. The zero-order valence-corrected chi connectivity index (χ0v) is 11.9. The van der Waals surface area contributed by atoms with Gasteiger partial charge in [-0.15, -0.1) is 11.3 Å². The van der Waals surface area contributed by atoms with Crippen LogP contribution in [0, 0.1) is 11.8 Å². The molecule has 5 nitrogen and oxygen atoms in total. The first-order chi connectivity index (χ1) is 8.45. The summed E-state index contributed by atoms with van der Waals surface area (Å²) in [6, 6.07) is 3.68. The van der Waals surface area contributed by atoms with Gasteiger partial charge in [-0.2, -0.15) is 17.4 Å². The van der Waals surface area contributed by atoms with Crippen molar-refractivity contribution in [3.8, 4) is 11.8 Å². The van der Waals surface area contributed by atoms with Crippen molar-refractivity contribution in [3.05, 3.63) is 21.9 Å². The van der Waals surface area contributed by atoms with E-state index in [1.54, 1.807) is 0 Å². The Morgan fingerprint density at radius 1 is 1.44 bits per heavy atom. The van der Waals surface area contributed by atoms with E-state index in [0.29, 0.717) is 6.42 Å². The monoisotopic (exact) mass is 288 g/mol. The van der Waals surface area contributed by atoms with Crippen molar-refractivity contribution in [2.45, 2.75) is 13.0 Å². The number of thiophene rings is 1. The quantitative estimate of drug-likeness (QED) is 0.770. The van der Waals surface area contributed by atoms with E-state index in [1.807, 2.05) is 12.1 Å². The Bertz CT molecular complexity index is 538. The third-order valence-corrected chi connectivity index (χ3v) is 4.49. The molecule has 0 saturated heterocycles. The lowest BCUT2D eigenvalue weighted by Gasteiger charge is -2.11. The van der Waals surface area contributed by atoms with Crippen LogP contribution in [0.1, 0.15) is 16.2 Å². The van der Waals surface area contributed by atoms with Gasteiger partial charge in [0.25, 0.3) is 10.2 Å². The van der Waals surface area contributed by atoms with E-state index in [2.05, 4.69) is 16.6 Å². The van der Waals surface area contributed by atoms with E-state index in [0.717, 1.165) is 14.1 Å². The molecular weight excluding hydrogens is 272 g/mol. The van der Waals surface area contributed by atoms with Crippen LogP contribution in [0.15, 0.2) is 12.1 Å². The van der Waals surface area contributed by atoms with Gasteiger partial charge < -0.3 is 5.11 Å². The van der Waals surface area contributed by atoms with Crippen molar-refractivity contribution in [3.63, 3.8) is 0 Å². The van der Waals surface area contributed by atoms with Gasteiger partial charge >= 0.3 is 0 Å². The average molecular weight is 288 g/mol. The SMILES string of the molecule is CN(C)S(=O)(=O)NCc1ccc(C#CCCO)s1. The van der Waals surface area contributed by atoms with Gasteiger partial charge in [-0.05, 0) is 12.1 Å². The van der Waals surface area contributed by atoms with Gasteiger partial charge in [0.05, 0.1) is 11.5 Å². The predicted octanol–water partition coefficient (Wildman–Crippen LogP) is 0.378. The molecule has 1 heterocycles. The van der Waals surface area contributed by atoms with E-state index in [9.17, 15) is 8.42 Å². The highest BCUT2D eigenvalue weighted by atomic mass is 32.2. The molecule has 7 heteroatoms. The van der Waals surface area contributed by atoms with Gasteiger partial charge in [-0.25, -0.2) is 0 Å². The molecule has 0 aliphatic carbocycles. The molecule has 100 valence electrons. The highest BCUT2D eigenvalue weighted by Crippen LogP contribution is 2.15. The van der Waals surface area contributed by atoms with Gasteiger partial charge in [0.1, 0.15) is 0 Å². The maximum atomic E-state index is 11.5. The summed E-state index contributed by atoms with van der Waals surface area (Å²) in [5.41, 5.74) is 0. The van der Waals surface area contributed by atoms with Gasteiger partial charge in [-0.1, -0.05) is 11.8 Å². The maximum Gasteiger partial charge on any atom is 0.279 e. The number of aliphatic hydroxyl groups excluding tert-OH is 1. The van der Waals surface area contributed by atoms with E-state index in [4.69, 9.17) is 5.11 Å². The van der Waals surface area contributed by atoms with Gasteiger partial charge in [0.2, 0.25) is 0 Å². The van der Waals surface area contributed by atoms with Crippen molar-refractivity contribution in [2.75, 3.05) is 20.7 Å². The lowest BCUT2D eigenvalue weighted by molar-refractivity contribution is 0.305. The minimum atomic E-state index is -3.39. The Hall–Kier alpha value is -0.910. The van der Waals surface area contributed by atoms with Crippen LogP contribution in [-0.2, 0) is 16.8 Å². The second kappa shape index (κ2) is 6.87. The Balaban J connectivity index is 2.58. The number of rotatable bonds is 5. The Labute approximate surface area is 112 Å². The summed E-state index contributed by atoms with van der Waals surface area (Å²) in [5.74, 6) is 5.73. The molecule has 1 aromatic rings. The summed E-state index contributed by atoms with van der Waals surface area (Å²) in [6.45, 7) is 0.306. The number of nitrogens with zero attached hydrogens (tertiary/aromatic N) is 1. The third-order valence-electron chi connectivity index (χ3n) is 2.02. The molecule has 2 N–H and O–H groups in total. The van der Waals surface area contributed by atoms with Gasteiger partial charge in [-0.3, -0.25) is 0 Å². The molecule has 0 aliphatic rings. The molecule has 0 unspecified atom stereocenters. The molecule has 18 heavy (non-hydrogen) atoms. The minimum Gasteiger partial charge on any atom is -0.395 e. The van der Waals surface area contributed by atoms with Gasteiger partial charge in [0.15, 0.2) is 0 Å². The summed E-state index contributed by atoms with van der Waals surface area (Å²) in [5, 5.41) is 8.59. The Morgan fingerprint density at radius 2 is 2.17 bits per heavy atom. The summed E-state index contributed by atoms with van der Waals surface area (Å²) in [6.07, 6.45) is 0.445. The smallest absolute Gasteiger partial charge is 0.279 e. The third kappa shape index (κ3) is 4.76. The molecule has 0 spiro atoms. The topological polar surface area (TPSA) is 69.6 Å². The van der Waals surface area contributed by atoms with Crippen LogP contribution in [0.25, 0.3) is 0 Å². The highest BCUT2D eigenvalue weighted by Gasteiger charge is 2.12. The fourth-order valence-corrected chi connectivity index (χ4v) is 2.55. The maximum absolute atomic E-state index is 11.5. The standard InChI is InChI=1S/C11H16N2O3S2/c1-13(2)18(15,16)12-9-11-7-6-10(17-11)5-3-4-8-14/h6-7,12,14H,4,8-9H2,1-2H3. The number of hydrogen-bond acceptors (Lipinski definition) is 4. The van der Waals surface area contributed by atoms with Crippen molar-refractivity contribution < 1.29 is 13.5 Å². The fourth-order valence-electron chi connectivity index (χ4n) is 1.04. The molecule has 0 aliphatic heterocycles. The summed E-state index contributed by atoms with van der Waals surface area (Å²) in [4.78, 5) is 1.76. The second-order valence-electron chi connectivity index (χ2n) is 3.65. The van der Waals surface area contributed by atoms with E-state index in [1.165, 1.54) is 25.4 Å². The number of hydrogen-bond donors (Lipinski definition) is 2. The Kier molecular flexibility index (Phi) is 5.78. The van der Waals surface area contributed by atoms with Crippen LogP contribution in [0.2, 0.25) is 0 Å². The van der Waals surface area contributed by atoms with Crippen LogP contribution in [0.5, 0.6) is 0 Å². The van der Waals surface area contributed by atoms with Crippen LogP contribution in [0.3, 0.4) is 0 Å². The molecule has 0 atom stereocenters. The lowest BCUT2D eigenvalue weighted by atomic mass is 10.4. The van der Waals surface area contributed by atoms with Crippen LogP contribution >= 0.6 is 11.3 Å². The molecule has 0 radical (unpaired) electrons. The first kappa shape index (κ1) is 15.1. The van der Waals surface area contributed by atoms with Crippen molar-refractivity contribution in [1.29, 1.82) is 0 Å². The molecule has 0 saturated carbocycles. The minimum absolute atomic E-state index is 0.0495. The van der Waals surface area contributed by atoms with Crippen molar-refractivity contribution in [2.24, 2.45) is 0 Å². The number of nitrogens with one attached hydrogen (secondary N) is 1. The van der Waals surface area contributed by atoms with Gasteiger partial charge in [0, 0.05) is 31.9 Å². The van der Waals surface area contributed by atoms with Crippen molar-refractivity contribution >= 4 is 21.5 Å². The van der Waals surface area contributed by atoms with E-state index >= 15 is 0 Å². The Morgan fingerprint density at radius 3 is 2.78 bits per heavy atom. The first-order valence-electron chi connectivity index (χ1n) is 5.31. The van der Waals surface area contributed by atoms with Crippen molar-refractivity contribution in [1.82, 2.24) is 9.03 Å². The zero-order chi connectivity index (χ0) is 13.6. The van der Waals surface area contributed by atoms with Crippen LogP contribution in [-0.4, -0.2) is 38.5 Å². The molecule has 1 rings (SSSR count). The first-order valence-corrected chi connectivity index (χ1v) is 7.57.